The molecule has 3 atom stereocenters. The summed E-state index contributed by atoms with van der Waals surface area (Å²) < 4.78 is 0. The van der Waals surface area contributed by atoms with Crippen molar-refractivity contribution < 1.29 is 0 Å². The van der Waals surface area contributed by atoms with Gasteiger partial charge in [-0.15, -0.1) is 0 Å². The van der Waals surface area contributed by atoms with E-state index >= 15 is 0 Å². The molecule has 0 N–H and O–H groups in total. The van der Waals surface area contributed by atoms with Crippen LogP contribution in [-0.4, -0.2) is 19.0 Å². The molecule has 0 aromatic heterocycles. The highest BCUT2D eigenvalue weighted by molar-refractivity contribution is 7.73. The van der Waals surface area contributed by atoms with E-state index in [-0.39, 0.29) is 15.8 Å². The van der Waals surface area contributed by atoms with Gasteiger partial charge in [0, 0.05) is 0 Å². The normalized spacial score (nSPS) is 20.5. The van der Waals surface area contributed by atoms with Gasteiger partial charge >= 0.3 is 0 Å². The average Bonchev–Trinajstić information content (AvgIpc) is 2.80. The molecule has 0 saturated heterocycles. The standard InChI is InChI=1S/C27H32P2/c1-28(25-15-5-2-6-16-25)21-23-13-11-12-14-24(23)22-29(26-17-7-3-8-18-26)27-19-9-4-10-20-27/h2-10,15-20,23-24H,11-14,21-22H2,1H3. The lowest BCUT2D eigenvalue weighted by molar-refractivity contribution is 0.285. The van der Waals surface area contributed by atoms with Crippen LogP contribution in [0.25, 0.3) is 0 Å². The Hall–Kier alpha value is -1.48. The molecule has 3 unspecified atom stereocenters. The highest BCUT2D eigenvalue weighted by Gasteiger charge is 2.30. The highest BCUT2D eigenvalue weighted by atomic mass is 31.1. The van der Waals surface area contributed by atoms with E-state index in [0.717, 1.165) is 11.8 Å². The van der Waals surface area contributed by atoms with Crippen LogP contribution in [0.3, 0.4) is 0 Å². The van der Waals surface area contributed by atoms with E-state index in [4.69, 9.17) is 0 Å². The SMILES string of the molecule is CP(CC1CCCCC1CP(c1ccccc1)c1ccccc1)c1ccccc1. The molecule has 29 heavy (non-hydrogen) atoms. The van der Waals surface area contributed by atoms with Gasteiger partial charge in [-0.3, -0.25) is 0 Å². The summed E-state index contributed by atoms with van der Waals surface area (Å²) in [5.74, 6) is 1.75. The molecule has 3 aromatic rings. The van der Waals surface area contributed by atoms with Crippen molar-refractivity contribution in [1.82, 2.24) is 0 Å². The van der Waals surface area contributed by atoms with Crippen LogP contribution in [0.4, 0.5) is 0 Å². The summed E-state index contributed by atoms with van der Waals surface area (Å²) in [6.45, 7) is 2.49. The number of rotatable bonds is 7. The van der Waals surface area contributed by atoms with E-state index < -0.39 is 0 Å². The fourth-order valence-electron chi connectivity index (χ4n) is 4.72. The van der Waals surface area contributed by atoms with Gasteiger partial charge in [-0.2, -0.15) is 0 Å². The Morgan fingerprint density at radius 3 is 1.48 bits per heavy atom. The second kappa shape index (κ2) is 10.5. The van der Waals surface area contributed by atoms with Gasteiger partial charge in [-0.05, 0) is 67.5 Å². The van der Waals surface area contributed by atoms with Gasteiger partial charge in [0.25, 0.3) is 0 Å². The smallest absolute Gasteiger partial charge is 0.0195 e. The minimum Gasteiger partial charge on any atom is -0.0782 e. The van der Waals surface area contributed by atoms with E-state index in [1.165, 1.54) is 38.0 Å². The van der Waals surface area contributed by atoms with Crippen molar-refractivity contribution in [3.05, 3.63) is 91.0 Å². The minimum atomic E-state index is -0.272. The van der Waals surface area contributed by atoms with Gasteiger partial charge < -0.3 is 0 Å². The molecule has 150 valence electrons. The van der Waals surface area contributed by atoms with E-state index in [0.29, 0.717) is 0 Å². The first kappa shape index (κ1) is 20.8. The molecule has 2 heteroatoms. The zero-order valence-corrected chi connectivity index (χ0v) is 19.2. The average molecular weight is 419 g/mol. The molecule has 0 spiro atoms. The second-order valence-corrected chi connectivity index (χ2v) is 12.8. The van der Waals surface area contributed by atoms with Crippen molar-refractivity contribution in [3.8, 4) is 0 Å². The minimum absolute atomic E-state index is 0.0515. The van der Waals surface area contributed by atoms with Crippen LogP contribution in [0.1, 0.15) is 25.7 Å². The van der Waals surface area contributed by atoms with Gasteiger partial charge in [0.1, 0.15) is 0 Å². The fraction of sp³-hybridized carbons (Fsp3) is 0.333. The van der Waals surface area contributed by atoms with Crippen LogP contribution in [0.2, 0.25) is 0 Å². The first-order valence-corrected chi connectivity index (χ1v) is 14.4. The Labute approximate surface area is 179 Å². The molecule has 1 aliphatic rings. The van der Waals surface area contributed by atoms with E-state index in [1.54, 1.807) is 15.9 Å². The van der Waals surface area contributed by atoms with Gasteiger partial charge in [0.05, 0.1) is 0 Å². The fourth-order valence-corrected chi connectivity index (χ4v) is 9.52. The Balaban J connectivity index is 1.53. The van der Waals surface area contributed by atoms with Gasteiger partial charge in [-0.25, -0.2) is 0 Å². The summed E-state index contributed by atoms with van der Waals surface area (Å²) in [6.07, 6.45) is 8.44. The first-order chi connectivity index (χ1) is 14.3. The molecule has 1 fully saturated rings. The Kier molecular flexibility index (Phi) is 7.54. The zero-order chi connectivity index (χ0) is 19.9. The molecule has 0 nitrogen and oxygen atoms in total. The van der Waals surface area contributed by atoms with Crippen molar-refractivity contribution in [2.75, 3.05) is 19.0 Å². The third kappa shape index (κ3) is 5.57. The van der Waals surface area contributed by atoms with E-state index in [1.807, 2.05) is 0 Å². The zero-order valence-electron chi connectivity index (χ0n) is 17.5. The topological polar surface area (TPSA) is 0 Å². The summed E-state index contributed by atoms with van der Waals surface area (Å²) in [4.78, 5) is 0. The van der Waals surface area contributed by atoms with Crippen molar-refractivity contribution >= 4 is 31.8 Å². The molecule has 0 aliphatic heterocycles. The van der Waals surface area contributed by atoms with E-state index in [9.17, 15) is 0 Å². The van der Waals surface area contributed by atoms with Crippen LogP contribution in [0.15, 0.2) is 91.0 Å². The maximum Gasteiger partial charge on any atom is -0.0195 e. The molecule has 1 aliphatic carbocycles. The summed E-state index contributed by atoms with van der Waals surface area (Å²) in [5, 5.41) is 4.65. The van der Waals surface area contributed by atoms with Crippen LogP contribution in [-0.2, 0) is 0 Å². The second-order valence-electron chi connectivity index (χ2n) is 8.30. The molecule has 0 amide bonds. The molecule has 0 heterocycles. The van der Waals surface area contributed by atoms with Gasteiger partial charge in [0.15, 0.2) is 0 Å². The Morgan fingerprint density at radius 1 is 0.586 bits per heavy atom. The molecule has 0 radical (unpaired) electrons. The predicted octanol–water partition coefficient (Wildman–Crippen LogP) is 6.36. The predicted molar refractivity (Wildman–Crippen MR) is 133 cm³/mol. The number of hydrogen-bond donors (Lipinski definition) is 0. The maximum atomic E-state index is 2.49. The van der Waals surface area contributed by atoms with Crippen LogP contribution >= 0.6 is 15.8 Å². The van der Waals surface area contributed by atoms with Gasteiger partial charge in [0.2, 0.25) is 0 Å². The van der Waals surface area contributed by atoms with Crippen LogP contribution < -0.4 is 15.9 Å². The van der Waals surface area contributed by atoms with Crippen molar-refractivity contribution in [3.63, 3.8) is 0 Å². The monoisotopic (exact) mass is 418 g/mol. The summed E-state index contributed by atoms with van der Waals surface area (Å²) in [6, 6.07) is 33.8. The Morgan fingerprint density at radius 2 is 1.00 bits per heavy atom. The van der Waals surface area contributed by atoms with Crippen molar-refractivity contribution in [1.29, 1.82) is 0 Å². The molecule has 4 rings (SSSR count). The van der Waals surface area contributed by atoms with Crippen molar-refractivity contribution in [2.24, 2.45) is 11.8 Å². The third-order valence-corrected chi connectivity index (χ3v) is 11.2. The number of hydrogen-bond acceptors (Lipinski definition) is 0. The van der Waals surface area contributed by atoms with Crippen LogP contribution in [0, 0.1) is 11.8 Å². The lowest BCUT2D eigenvalue weighted by Gasteiger charge is -2.36. The van der Waals surface area contributed by atoms with Crippen molar-refractivity contribution in [2.45, 2.75) is 25.7 Å². The lowest BCUT2D eigenvalue weighted by Crippen LogP contribution is -2.28. The lowest BCUT2D eigenvalue weighted by atomic mass is 9.81. The quantitative estimate of drug-likeness (QED) is 0.392. The molecular formula is C27H32P2. The summed E-state index contributed by atoms with van der Waals surface area (Å²) >= 11 is 0. The first-order valence-electron chi connectivity index (χ1n) is 10.9. The molecule has 0 bridgehead atoms. The summed E-state index contributed by atoms with van der Waals surface area (Å²) in [5.41, 5.74) is 0. The molecule has 3 aromatic carbocycles. The number of benzene rings is 3. The molecule has 1 saturated carbocycles. The summed E-state index contributed by atoms with van der Waals surface area (Å²) in [7, 11) is -0.324. The van der Waals surface area contributed by atoms with E-state index in [2.05, 4.69) is 97.7 Å². The maximum absolute atomic E-state index is 2.49. The van der Waals surface area contributed by atoms with Gasteiger partial charge in [-0.1, -0.05) is 112 Å². The highest BCUT2D eigenvalue weighted by Crippen LogP contribution is 2.46. The molecular weight excluding hydrogens is 386 g/mol. The largest absolute Gasteiger partial charge is 0.0782 e. The van der Waals surface area contributed by atoms with Crippen LogP contribution in [0.5, 0.6) is 0 Å². The third-order valence-electron chi connectivity index (χ3n) is 6.32. The Bertz CT molecular complexity index is 808.